The molecule has 1 aromatic carbocycles. The molecule has 16 heavy (non-hydrogen) atoms. The van der Waals surface area contributed by atoms with Crippen LogP contribution in [0.2, 0.25) is 0 Å². The molecule has 2 atom stereocenters. The lowest BCUT2D eigenvalue weighted by Gasteiger charge is -2.21. The second-order valence-corrected chi connectivity index (χ2v) is 4.81. The van der Waals surface area contributed by atoms with Gasteiger partial charge in [0.15, 0.2) is 0 Å². The number of benzene rings is 1. The fourth-order valence-corrected chi connectivity index (χ4v) is 2.16. The van der Waals surface area contributed by atoms with E-state index in [0.717, 1.165) is 12.8 Å². The predicted octanol–water partition coefficient (Wildman–Crippen LogP) is 3.32. The van der Waals surface area contributed by atoms with Gasteiger partial charge in [-0.15, -0.1) is 0 Å². The Morgan fingerprint density at radius 2 is 1.94 bits per heavy atom. The fraction of sp³-hybridized carbons (Fsp3) is 0.538. The van der Waals surface area contributed by atoms with Crippen molar-refractivity contribution in [2.24, 2.45) is 17.6 Å². The molecule has 88 valence electrons. The van der Waals surface area contributed by atoms with Crippen LogP contribution < -0.4 is 5.73 Å². The minimum absolute atomic E-state index is 0.0550. The highest BCUT2D eigenvalue weighted by molar-refractivity contribution is 5.29. The fourth-order valence-electron chi connectivity index (χ4n) is 2.16. The summed E-state index contributed by atoms with van der Waals surface area (Å²) in [5.41, 5.74) is 6.48. The van der Waals surface area contributed by atoms with Gasteiger partial charge < -0.3 is 5.73 Å². The van der Waals surface area contributed by atoms with Crippen molar-refractivity contribution < 1.29 is 8.78 Å². The lowest BCUT2D eigenvalue weighted by Crippen LogP contribution is -2.23. The van der Waals surface area contributed by atoms with Crippen LogP contribution in [-0.4, -0.2) is 0 Å². The Balaban J connectivity index is 2.34. The maximum absolute atomic E-state index is 13.8. The minimum Gasteiger partial charge on any atom is -0.324 e. The largest absolute Gasteiger partial charge is 0.324 e. The third kappa shape index (κ3) is 1.96. The second-order valence-electron chi connectivity index (χ2n) is 4.81. The first kappa shape index (κ1) is 11.5. The molecule has 0 spiro atoms. The molecule has 2 N–H and O–H groups in total. The molecule has 3 heteroatoms. The normalized spacial score (nSPS) is 19.6. The van der Waals surface area contributed by atoms with Gasteiger partial charge >= 0.3 is 0 Å². The van der Waals surface area contributed by atoms with E-state index < -0.39 is 17.7 Å². The van der Waals surface area contributed by atoms with E-state index in [1.807, 2.05) is 6.92 Å². The molecule has 2 rings (SSSR count). The Bertz CT molecular complexity index is 399. The van der Waals surface area contributed by atoms with E-state index in [1.54, 1.807) is 6.92 Å². The van der Waals surface area contributed by atoms with Crippen molar-refractivity contribution in [1.82, 2.24) is 0 Å². The second kappa shape index (κ2) is 4.13. The molecule has 0 saturated heterocycles. The Labute approximate surface area is 94.7 Å². The van der Waals surface area contributed by atoms with E-state index in [0.29, 0.717) is 11.5 Å². The van der Waals surface area contributed by atoms with Crippen LogP contribution in [0.3, 0.4) is 0 Å². The highest BCUT2D eigenvalue weighted by atomic mass is 19.1. The third-order valence-electron chi connectivity index (χ3n) is 3.59. The van der Waals surface area contributed by atoms with Crippen LogP contribution in [-0.2, 0) is 0 Å². The van der Waals surface area contributed by atoms with E-state index >= 15 is 0 Å². The monoisotopic (exact) mass is 225 g/mol. The van der Waals surface area contributed by atoms with Crippen molar-refractivity contribution in [3.05, 3.63) is 34.9 Å². The molecule has 1 aliphatic rings. The lowest BCUT2D eigenvalue weighted by atomic mass is 9.90. The molecule has 0 heterocycles. The molecule has 1 aliphatic carbocycles. The molecule has 1 fully saturated rings. The summed E-state index contributed by atoms with van der Waals surface area (Å²) in [6.45, 7) is 3.61. The molecule has 0 aromatic heterocycles. The van der Waals surface area contributed by atoms with Crippen LogP contribution in [0.1, 0.15) is 36.9 Å². The maximum atomic E-state index is 13.8. The molecule has 1 aromatic rings. The molecule has 0 radical (unpaired) electrons. The van der Waals surface area contributed by atoms with E-state index in [4.69, 9.17) is 5.73 Å². The van der Waals surface area contributed by atoms with Crippen molar-refractivity contribution >= 4 is 0 Å². The molecular formula is C13H17F2N. The summed E-state index contributed by atoms with van der Waals surface area (Å²) in [6.07, 6.45) is 2.26. The minimum atomic E-state index is -0.535. The van der Waals surface area contributed by atoms with Crippen LogP contribution in [0.5, 0.6) is 0 Å². The summed E-state index contributed by atoms with van der Waals surface area (Å²) in [5.74, 6) is -0.330. The maximum Gasteiger partial charge on any atom is 0.133 e. The number of nitrogens with two attached hydrogens (primary N) is 1. The molecule has 2 unspecified atom stereocenters. The van der Waals surface area contributed by atoms with Gasteiger partial charge in [0, 0.05) is 11.6 Å². The molecule has 1 nitrogen and oxygen atoms in total. The number of halogens is 2. The third-order valence-corrected chi connectivity index (χ3v) is 3.59. The zero-order chi connectivity index (χ0) is 11.9. The van der Waals surface area contributed by atoms with Crippen molar-refractivity contribution in [3.8, 4) is 0 Å². The van der Waals surface area contributed by atoms with Crippen LogP contribution in [0.25, 0.3) is 0 Å². The van der Waals surface area contributed by atoms with E-state index in [9.17, 15) is 8.78 Å². The van der Waals surface area contributed by atoms with Crippen molar-refractivity contribution in [2.45, 2.75) is 32.7 Å². The molecular weight excluding hydrogens is 208 g/mol. The van der Waals surface area contributed by atoms with Gasteiger partial charge in [0.05, 0.1) is 0 Å². The Morgan fingerprint density at radius 3 is 2.50 bits per heavy atom. The first-order valence-corrected chi connectivity index (χ1v) is 5.72. The number of hydrogen-bond acceptors (Lipinski definition) is 1. The molecule has 0 bridgehead atoms. The highest BCUT2D eigenvalue weighted by Gasteiger charge is 2.34. The molecule has 0 amide bonds. The van der Waals surface area contributed by atoms with Crippen LogP contribution in [0.4, 0.5) is 8.78 Å². The summed E-state index contributed by atoms with van der Waals surface area (Å²) in [6, 6.07) is 2.21. The highest BCUT2D eigenvalue weighted by Crippen LogP contribution is 2.42. The predicted molar refractivity (Wildman–Crippen MR) is 59.9 cm³/mol. The van der Waals surface area contributed by atoms with Gasteiger partial charge in [0.2, 0.25) is 0 Å². The summed E-state index contributed by atoms with van der Waals surface area (Å²) >= 11 is 0. The standard InChI is InChI=1S/C13H17F2N/c1-7-3-6-10(14)11(12(7)15)13(16)8(2)9-4-5-9/h3,6,8-9,13H,4-5,16H2,1-2H3. The van der Waals surface area contributed by atoms with E-state index in [-0.39, 0.29) is 11.5 Å². The van der Waals surface area contributed by atoms with Gasteiger partial charge in [-0.2, -0.15) is 0 Å². The average molecular weight is 225 g/mol. The average Bonchev–Trinajstić information content (AvgIpc) is 3.06. The van der Waals surface area contributed by atoms with E-state index in [2.05, 4.69) is 0 Å². The van der Waals surface area contributed by atoms with Crippen LogP contribution in [0, 0.1) is 30.4 Å². The van der Waals surface area contributed by atoms with E-state index in [1.165, 1.54) is 12.1 Å². The van der Waals surface area contributed by atoms with Crippen molar-refractivity contribution in [2.75, 3.05) is 0 Å². The van der Waals surface area contributed by atoms with Gasteiger partial charge in [-0.25, -0.2) is 8.78 Å². The molecule has 0 aliphatic heterocycles. The number of hydrogen-bond donors (Lipinski definition) is 1. The Morgan fingerprint density at radius 1 is 1.31 bits per heavy atom. The van der Waals surface area contributed by atoms with Gasteiger partial charge in [-0.1, -0.05) is 13.0 Å². The Hall–Kier alpha value is -0.960. The zero-order valence-electron chi connectivity index (χ0n) is 9.63. The summed E-state index contributed by atoms with van der Waals surface area (Å²) in [7, 11) is 0. The first-order chi connectivity index (χ1) is 7.52. The summed E-state index contributed by atoms with van der Waals surface area (Å²) in [5, 5.41) is 0. The lowest BCUT2D eigenvalue weighted by molar-refractivity contribution is 0.389. The zero-order valence-corrected chi connectivity index (χ0v) is 9.63. The van der Waals surface area contributed by atoms with Gasteiger partial charge in [-0.3, -0.25) is 0 Å². The smallest absolute Gasteiger partial charge is 0.133 e. The van der Waals surface area contributed by atoms with Gasteiger partial charge in [0.1, 0.15) is 11.6 Å². The molecule has 1 saturated carbocycles. The first-order valence-electron chi connectivity index (χ1n) is 5.72. The van der Waals surface area contributed by atoms with Crippen molar-refractivity contribution in [3.63, 3.8) is 0 Å². The Kier molecular flexibility index (Phi) is 2.98. The number of aryl methyl sites for hydroxylation is 1. The van der Waals surface area contributed by atoms with Gasteiger partial charge in [0.25, 0.3) is 0 Å². The quantitative estimate of drug-likeness (QED) is 0.839. The summed E-state index contributed by atoms with van der Waals surface area (Å²) in [4.78, 5) is 0. The topological polar surface area (TPSA) is 26.0 Å². The van der Waals surface area contributed by atoms with Gasteiger partial charge in [-0.05, 0) is 43.2 Å². The summed E-state index contributed by atoms with van der Waals surface area (Å²) < 4.78 is 27.4. The number of rotatable bonds is 3. The van der Waals surface area contributed by atoms with Crippen molar-refractivity contribution in [1.29, 1.82) is 0 Å². The van der Waals surface area contributed by atoms with Crippen LogP contribution >= 0.6 is 0 Å². The SMILES string of the molecule is Cc1ccc(F)c(C(N)C(C)C2CC2)c1F. The van der Waals surface area contributed by atoms with Crippen LogP contribution in [0.15, 0.2) is 12.1 Å².